The molecule has 1 aromatic rings. The van der Waals surface area contributed by atoms with Gasteiger partial charge in [0.1, 0.15) is 4.34 Å². The van der Waals surface area contributed by atoms with E-state index in [2.05, 4.69) is 10.6 Å². The van der Waals surface area contributed by atoms with E-state index in [0.717, 1.165) is 21.5 Å². The van der Waals surface area contributed by atoms with Crippen molar-refractivity contribution in [2.75, 3.05) is 5.32 Å². The lowest BCUT2D eigenvalue weighted by Crippen LogP contribution is -2.38. The standard InChI is InChI=1S/C12H15Cl2N3S/c1-6-9(11(14)18-10(6)13)17-12-15-7-4-2-3-5-8(7)16-12/h7-8H,2-5H2,1H3,(H2,15,16,17). The van der Waals surface area contributed by atoms with Crippen LogP contribution in [0.25, 0.3) is 0 Å². The first-order valence-electron chi connectivity index (χ1n) is 6.21. The molecule has 0 spiro atoms. The molecule has 0 bridgehead atoms. The van der Waals surface area contributed by atoms with Gasteiger partial charge in [0, 0.05) is 5.56 Å². The van der Waals surface area contributed by atoms with Crippen LogP contribution in [0.2, 0.25) is 8.67 Å². The Kier molecular flexibility index (Phi) is 3.43. The monoisotopic (exact) mass is 303 g/mol. The number of nitrogens with one attached hydrogen (secondary N) is 2. The third-order valence-corrected chi connectivity index (χ3v) is 5.44. The second-order valence-electron chi connectivity index (χ2n) is 4.85. The molecule has 1 aromatic heterocycles. The summed E-state index contributed by atoms with van der Waals surface area (Å²) >= 11 is 13.6. The summed E-state index contributed by atoms with van der Waals surface area (Å²) < 4.78 is 1.43. The maximum atomic E-state index is 6.17. The first-order valence-corrected chi connectivity index (χ1v) is 7.78. The highest BCUT2D eigenvalue weighted by Gasteiger charge is 2.31. The van der Waals surface area contributed by atoms with Gasteiger partial charge >= 0.3 is 0 Å². The molecular weight excluding hydrogens is 289 g/mol. The van der Waals surface area contributed by atoms with Crippen molar-refractivity contribution in [1.82, 2.24) is 5.32 Å². The number of hydrogen-bond acceptors (Lipinski definition) is 4. The van der Waals surface area contributed by atoms with E-state index in [0.29, 0.717) is 16.4 Å². The lowest BCUT2D eigenvalue weighted by molar-refractivity contribution is 0.384. The number of halogens is 2. The lowest BCUT2D eigenvalue weighted by Gasteiger charge is -2.23. The number of nitrogens with zero attached hydrogens (tertiary/aromatic N) is 1. The quantitative estimate of drug-likeness (QED) is 0.821. The van der Waals surface area contributed by atoms with Gasteiger partial charge in [-0.15, -0.1) is 11.3 Å². The van der Waals surface area contributed by atoms with Crippen LogP contribution in [-0.4, -0.2) is 18.0 Å². The van der Waals surface area contributed by atoms with Crippen molar-refractivity contribution in [2.45, 2.75) is 44.7 Å². The van der Waals surface area contributed by atoms with Crippen molar-refractivity contribution in [3.05, 3.63) is 14.2 Å². The second kappa shape index (κ2) is 4.91. The minimum Gasteiger partial charge on any atom is -0.351 e. The van der Waals surface area contributed by atoms with E-state index in [4.69, 9.17) is 28.2 Å². The SMILES string of the molecule is Cc1c(Cl)sc(Cl)c1NC1=NC2CCCCC2N1. The molecule has 2 atom stereocenters. The Hall–Kier alpha value is -0.450. The van der Waals surface area contributed by atoms with Gasteiger partial charge in [0.25, 0.3) is 0 Å². The summed E-state index contributed by atoms with van der Waals surface area (Å²) in [5.41, 5.74) is 1.88. The molecule has 6 heteroatoms. The predicted octanol–water partition coefficient (Wildman–Crippen LogP) is 4.05. The van der Waals surface area contributed by atoms with Gasteiger partial charge in [-0.1, -0.05) is 36.0 Å². The molecule has 0 saturated heterocycles. The number of fused-ring (bicyclic) bond motifs is 1. The van der Waals surface area contributed by atoms with Crippen molar-refractivity contribution < 1.29 is 0 Å². The Labute approximate surface area is 121 Å². The molecule has 18 heavy (non-hydrogen) atoms. The summed E-state index contributed by atoms with van der Waals surface area (Å²) in [6.07, 6.45) is 4.96. The van der Waals surface area contributed by atoms with Crippen molar-refractivity contribution in [3.8, 4) is 0 Å². The fourth-order valence-electron chi connectivity index (χ4n) is 2.59. The molecule has 98 valence electrons. The van der Waals surface area contributed by atoms with E-state index >= 15 is 0 Å². The molecule has 0 amide bonds. The highest BCUT2D eigenvalue weighted by atomic mass is 35.5. The molecule has 0 radical (unpaired) electrons. The van der Waals surface area contributed by atoms with E-state index in [9.17, 15) is 0 Å². The molecule has 1 aliphatic carbocycles. The fraction of sp³-hybridized carbons (Fsp3) is 0.583. The summed E-state index contributed by atoms with van der Waals surface area (Å²) in [4.78, 5) is 4.69. The number of aliphatic imine (C=N–C) groups is 1. The van der Waals surface area contributed by atoms with Crippen LogP contribution < -0.4 is 10.6 Å². The Morgan fingerprint density at radius 2 is 2.06 bits per heavy atom. The largest absolute Gasteiger partial charge is 0.351 e. The van der Waals surface area contributed by atoms with Gasteiger partial charge in [-0.2, -0.15) is 0 Å². The maximum Gasteiger partial charge on any atom is 0.196 e. The third kappa shape index (κ3) is 2.22. The van der Waals surface area contributed by atoms with Gasteiger partial charge in [-0.05, 0) is 19.8 Å². The molecule has 2 aliphatic rings. The average molecular weight is 304 g/mol. The lowest BCUT2D eigenvalue weighted by atomic mass is 9.92. The first kappa shape index (κ1) is 12.6. The first-order chi connectivity index (χ1) is 8.65. The number of rotatable bonds is 1. The van der Waals surface area contributed by atoms with Gasteiger partial charge in [-0.25, -0.2) is 4.99 Å². The molecule has 2 N–H and O–H groups in total. The van der Waals surface area contributed by atoms with Crippen LogP contribution >= 0.6 is 34.5 Å². The Morgan fingerprint density at radius 1 is 1.28 bits per heavy atom. The zero-order chi connectivity index (χ0) is 12.7. The average Bonchev–Trinajstić information content (AvgIpc) is 2.86. The topological polar surface area (TPSA) is 36.4 Å². The van der Waals surface area contributed by atoms with Gasteiger partial charge in [-0.3, -0.25) is 0 Å². The van der Waals surface area contributed by atoms with E-state index < -0.39 is 0 Å². The summed E-state index contributed by atoms with van der Waals surface area (Å²) in [7, 11) is 0. The zero-order valence-electron chi connectivity index (χ0n) is 10.1. The Bertz CT molecular complexity index is 498. The highest BCUT2D eigenvalue weighted by molar-refractivity contribution is 7.20. The van der Waals surface area contributed by atoms with E-state index in [-0.39, 0.29) is 0 Å². The van der Waals surface area contributed by atoms with Crippen LogP contribution in [0.1, 0.15) is 31.2 Å². The molecule has 1 saturated carbocycles. The van der Waals surface area contributed by atoms with Gasteiger partial charge in [0.2, 0.25) is 0 Å². The molecule has 2 unspecified atom stereocenters. The minimum atomic E-state index is 0.425. The number of anilines is 1. The van der Waals surface area contributed by atoms with Crippen LogP contribution in [0, 0.1) is 6.92 Å². The summed E-state index contributed by atoms with van der Waals surface area (Å²) in [6.45, 7) is 1.97. The van der Waals surface area contributed by atoms with Gasteiger partial charge in [0.05, 0.1) is 22.1 Å². The number of guanidine groups is 1. The van der Waals surface area contributed by atoms with Crippen LogP contribution in [0.3, 0.4) is 0 Å². The Balaban J connectivity index is 1.77. The number of hydrogen-bond donors (Lipinski definition) is 2. The highest BCUT2D eigenvalue weighted by Crippen LogP contribution is 2.40. The molecule has 3 nitrogen and oxygen atoms in total. The van der Waals surface area contributed by atoms with Crippen molar-refractivity contribution >= 4 is 46.2 Å². The molecule has 3 rings (SSSR count). The molecule has 1 fully saturated rings. The van der Waals surface area contributed by atoms with Crippen molar-refractivity contribution in [1.29, 1.82) is 0 Å². The maximum absolute atomic E-state index is 6.17. The molecule has 1 aliphatic heterocycles. The number of thiophene rings is 1. The second-order valence-corrected chi connectivity index (χ2v) is 7.08. The van der Waals surface area contributed by atoms with E-state index in [1.807, 2.05) is 6.92 Å². The van der Waals surface area contributed by atoms with Crippen LogP contribution in [0.15, 0.2) is 4.99 Å². The predicted molar refractivity (Wildman–Crippen MR) is 79.3 cm³/mol. The smallest absolute Gasteiger partial charge is 0.196 e. The van der Waals surface area contributed by atoms with E-state index in [1.165, 1.54) is 37.0 Å². The summed E-state index contributed by atoms with van der Waals surface area (Å²) in [5.74, 6) is 0.839. The van der Waals surface area contributed by atoms with Crippen molar-refractivity contribution in [3.63, 3.8) is 0 Å². The van der Waals surface area contributed by atoms with E-state index in [1.54, 1.807) is 0 Å². The molecule has 0 aromatic carbocycles. The van der Waals surface area contributed by atoms with Crippen LogP contribution in [0.5, 0.6) is 0 Å². The zero-order valence-corrected chi connectivity index (χ0v) is 12.4. The van der Waals surface area contributed by atoms with Crippen LogP contribution in [0.4, 0.5) is 5.69 Å². The normalized spacial score (nSPS) is 26.5. The summed E-state index contributed by atoms with van der Waals surface area (Å²) in [5, 5.41) is 6.73. The van der Waals surface area contributed by atoms with Crippen LogP contribution in [-0.2, 0) is 0 Å². The molecule has 2 heterocycles. The van der Waals surface area contributed by atoms with Gasteiger partial charge in [0.15, 0.2) is 5.96 Å². The van der Waals surface area contributed by atoms with Gasteiger partial charge < -0.3 is 10.6 Å². The minimum absolute atomic E-state index is 0.425. The third-order valence-electron chi connectivity index (χ3n) is 3.64. The fourth-order valence-corrected chi connectivity index (χ4v) is 4.18. The summed E-state index contributed by atoms with van der Waals surface area (Å²) in [6, 6.07) is 0.920. The van der Waals surface area contributed by atoms with Crippen molar-refractivity contribution in [2.24, 2.45) is 4.99 Å². The molecular formula is C12H15Cl2N3S. The Morgan fingerprint density at radius 3 is 2.72 bits per heavy atom.